The van der Waals surface area contributed by atoms with Gasteiger partial charge in [0.05, 0.1) is 21.7 Å². The molecule has 27 heavy (non-hydrogen) atoms. The molecule has 0 atom stereocenters. The van der Waals surface area contributed by atoms with Crippen LogP contribution in [0.1, 0.15) is 32.0 Å². The van der Waals surface area contributed by atoms with Gasteiger partial charge in [0, 0.05) is 16.0 Å². The number of carbonyl (C=O) groups is 2. The summed E-state index contributed by atoms with van der Waals surface area (Å²) in [5.74, 6) is -2.07. The Bertz CT molecular complexity index is 1080. The Labute approximate surface area is 160 Å². The molecule has 1 aromatic heterocycles. The minimum absolute atomic E-state index is 0.0436. The fraction of sp³-hybridized carbons (Fsp3) is 0.0556. The highest BCUT2D eigenvalue weighted by Gasteiger charge is 2.30. The lowest BCUT2D eigenvalue weighted by Crippen LogP contribution is -2.10. The van der Waals surface area contributed by atoms with E-state index in [0.29, 0.717) is 0 Å². The van der Waals surface area contributed by atoms with Crippen LogP contribution in [0.25, 0.3) is 10.9 Å². The molecule has 4 nitrogen and oxygen atoms in total. The molecule has 2 aromatic carbocycles. The molecule has 3 aromatic rings. The lowest BCUT2D eigenvalue weighted by Gasteiger charge is -2.09. The average molecular weight is 414 g/mol. The number of alkyl halides is 3. The van der Waals surface area contributed by atoms with Crippen molar-refractivity contribution in [3.63, 3.8) is 0 Å². The van der Waals surface area contributed by atoms with Crippen LogP contribution < -0.4 is 0 Å². The van der Waals surface area contributed by atoms with Crippen molar-refractivity contribution in [2.24, 2.45) is 0 Å². The summed E-state index contributed by atoms with van der Waals surface area (Å²) in [6, 6.07) is 7.26. The van der Waals surface area contributed by atoms with Crippen LogP contribution in [-0.4, -0.2) is 21.8 Å². The maximum Gasteiger partial charge on any atom is 0.416 e. The number of aromatic carboxylic acids is 1. The molecular formula is C18H8Cl2F3NO3. The maximum atomic E-state index is 12.6. The molecule has 9 heteroatoms. The minimum atomic E-state index is -4.54. The number of ketones is 1. The molecule has 1 N–H and O–H groups in total. The molecule has 1 heterocycles. The van der Waals surface area contributed by atoms with E-state index in [9.17, 15) is 27.9 Å². The van der Waals surface area contributed by atoms with Gasteiger partial charge in [0.25, 0.3) is 0 Å². The predicted octanol–water partition coefficient (Wildman–Crippen LogP) is 5.49. The number of nitrogens with zero attached hydrogens (tertiary/aromatic N) is 1. The zero-order chi connectivity index (χ0) is 19.9. The zero-order valence-corrected chi connectivity index (χ0v) is 14.7. The first-order chi connectivity index (χ1) is 12.6. The number of carboxylic acids is 1. The zero-order valence-electron chi connectivity index (χ0n) is 13.1. The van der Waals surface area contributed by atoms with Gasteiger partial charge in [0.1, 0.15) is 5.69 Å². The van der Waals surface area contributed by atoms with E-state index in [1.807, 2.05) is 0 Å². The molecule has 138 valence electrons. The number of hydrogen-bond donors (Lipinski definition) is 1. The van der Waals surface area contributed by atoms with Gasteiger partial charge in [-0.05, 0) is 30.3 Å². The van der Waals surface area contributed by atoms with Crippen molar-refractivity contribution >= 4 is 45.9 Å². The summed E-state index contributed by atoms with van der Waals surface area (Å²) >= 11 is 11.9. The molecular weight excluding hydrogens is 406 g/mol. The minimum Gasteiger partial charge on any atom is -0.478 e. The number of fused-ring (bicyclic) bond motifs is 1. The van der Waals surface area contributed by atoms with Crippen LogP contribution in [0.3, 0.4) is 0 Å². The first-order valence-electron chi connectivity index (χ1n) is 7.33. The van der Waals surface area contributed by atoms with Gasteiger partial charge in [-0.15, -0.1) is 0 Å². The van der Waals surface area contributed by atoms with E-state index in [0.717, 1.165) is 30.3 Å². The average Bonchev–Trinajstić information content (AvgIpc) is 2.59. The van der Waals surface area contributed by atoms with E-state index < -0.39 is 23.5 Å². The molecule has 0 aliphatic heterocycles. The van der Waals surface area contributed by atoms with E-state index in [1.165, 1.54) is 12.1 Å². The summed E-state index contributed by atoms with van der Waals surface area (Å²) in [5, 5.41) is 9.80. The van der Waals surface area contributed by atoms with Gasteiger partial charge in [-0.3, -0.25) is 4.79 Å². The number of carboxylic acid groups (broad SMARTS) is 1. The lowest BCUT2D eigenvalue weighted by molar-refractivity contribution is -0.137. The Hall–Kier alpha value is -2.64. The Morgan fingerprint density at radius 3 is 2.19 bits per heavy atom. The van der Waals surface area contributed by atoms with Crippen LogP contribution in [0.2, 0.25) is 10.0 Å². The van der Waals surface area contributed by atoms with E-state index >= 15 is 0 Å². The number of rotatable bonds is 3. The molecule has 0 fully saturated rings. The van der Waals surface area contributed by atoms with Crippen LogP contribution in [0.15, 0.2) is 42.5 Å². The summed E-state index contributed by atoms with van der Waals surface area (Å²) in [6.07, 6.45) is -4.54. The Morgan fingerprint density at radius 2 is 1.63 bits per heavy atom. The van der Waals surface area contributed by atoms with Crippen molar-refractivity contribution in [1.29, 1.82) is 0 Å². The molecule has 0 radical (unpaired) electrons. The smallest absolute Gasteiger partial charge is 0.416 e. The first kappa shape index (κ1) is 19.1. The Balaban J connectivity index is 2.14. The summed E-state index contributed by atoms with van der Waals surface area (Å²) in [7, 11) is 0. The first-order valence-corrected chi connectivity index (χ1v) is 8.08. The normalized spacial score (nSPS) is 11.6. The van der Waals surface area contributed by atoms with Gasteiger partial charge in [-0.1, -0.05) is 35.3 Å². The number of benzene rings is 2. The fourth-order valence-electron chi connectivity index (χ4n) is 2.50. The highest BCUT2D eigenvalue weighted by molar-refractivity contribution is 6.38. The summed E-state index contributed by atoms with van der Waals surface area (Å²) < 4.78 is 37.9. The highest BCUT2D eigenvalue weighted by atomic mass is 35.5. The van der Waals surface area contributed by atoms with E-state index in [-0.39, 0.29) is 37.8 Å². The molecule has 0 saturated heterocycles. The molecule has 0 bridgehead atoms. The van der Waals surface area contributed by atoms with Crippen molar-refractivity contribution in [1.82, 2.24) is 4.98 Å². The van der Waals surface area contributed by atoms with Crippen LogP contribution in [0.5, 0.6) is 0 Å². The van der Waals surface area contributed by atoms with Crippen molar-refractivity contribution in [2.75, 3.05) is 0 Å². The number of pyridine rings is 1. The quantitative estimate of drug-likeness (QED) is 0.576. The van der Waals surface area contributed by atoms with Gasteiger partial charge in [0.15, 0.2) is 0 Å². The molecule has 3 rings (SSSR count). The van der Waals surface area contributed by atoms with E-state index in [2.05, 4.69) is 4.98 Å². The topological polar surface area (TPSA) is 67.3 Å². The molecule has 0 spiro atoms. The maximum absolute atomic E-state index is 12.6. The second-order valence-corrected chi connectivity index (χ2v) is 6.39. The van der Waals surface area contributed by atoms with Gasteiger partial charge < -0.3 is 5.11 Å². The molecule has 0 saturated carbocycles. The van der Waals surface area contributed by atoms with Gasteiger partial charge >= 0.3 is 12.1 Å². The van der Waals surface area contributed by atoms with Gasteiger partial charge in [-0.2, -0.15) is 13.2 Å². The van der Waals surface area contributed by atoms with Crippen molar-refractivity contribution in [2.45, 2.75) is 6.18 Å². The monoisotopic (exact) mass is 413 g/mol. The van der Waals surface area contributed by atoms with Crippen molar-refractivity contribution in [3.05, 3.63) is 74.9 Å². The molecule has 0 aliphatic rings. The highest BCUT2D eigenvalue weighted by Crippen LogP contribution is 2.31. The third-order valence-electron chi connectivity index (χ3n) is 3.77. The predicted molar refractivity (Wildman–Crippen MR) is 93.6 cm³/mol. The fourth-order valence-corrected chi connectivity index (χ4v) is 3.04. The Kier molecular flexibility index (Phi) is 4.84. The van der Waals surface area contributed by atoms with Gasteiger partial charge in [0.2, 0.25) is 5.78 Å². The summed E-state index contributed by atoms with van der Waals surface area (Å²) in [6.45, 7) is 0. The van der Waals surface area contributed by atoms with Crippen molar-refractivity contribution in [3.8, 4) is 0 Å². The number of carbonyl (C=O) groups excluding carboxylic acids is 1. The third kappa shape index (κ3) is 3.74. The second kappa shape index (κ2) is 6.83. The number of halogens is 5. The van der Waals surface area contributed by atoms with E-state index in [4.69, 9.17) is 23.2 Å². The molecule has 0 aliphatic carbocycles. The van der Waals surface area contributed by atoms with Gasteiger partial charge in [-0.25, -0.2) is 9.78 Å². The molecule has 0 unspecified atom stereocenters. The van der Waals surface area contributed by atoms with Crippen LogP contribution >= 0.6 is 23.2 Å². The third-order valence-corrected chi connectivity index (χ3v) is 4.28. The number of hydrogen-bond acceptors (Lipinski definition) is 3. The standard InChI is InChI=1S/C18H8Cl2F3NO3/c19-10-5-11-12(17(26)27)7-14(24-15(11)13(20)6-10)16(25)8-1-3-9(4-2-8)18(21,22)23/h1-7H,(H,26,27). The van der Waals surface area contributed by atoms with E-state index in [1.54, 1.807) is 0 Å². The van der Waals surface area contributed by atoms with Crippen LogP contribution in [-0.2, 0) is 6.18 Å². The summed E-state index contributed by atoms with van der Waals surface area (Å²) in [4.78, 5) is 28.2. The number of aromatic nitrogens is 1. The SMILES string of the molecule is O=C(c1ccc(C(F)(F)F)cc1)c1cc(C(=O)O)c2cc(Cl)cc(Cl)c2n1. The Morgan fingerprint density at radius 1 is 1.00 bits per heavy atom. The second-order valence-electron chi connectivity index (χ2n) is 5.55. The molecule has 0 amide bonds. The van der Waals surface area contributed by atoms with Crippen molar-refractivity contribution < 1.29 is 27.9 Å². The summed E-state index contributed by atoms with van der Waals surface area (Å²) in [5.41, 5.74) is -1.44. The van der Waals surface area contributed by atoms with Crippen LogP contribution in [0, 0.1) is 0 Å². The van der Waals surface area contributed by atoms with Crippen LogP contribution in [0.4, 0.5) is 13.2 Å². The largest absolute Gasteiger partial charge is 0.478 e. The lowest BCUT2D eigenvalue weighted by atomic mass is 10.0.